The van der Waals surface area contributed by atoms with Crippen LogP contribution in [-0.4, -0.2) is 45.0 Å². The molecule has 2 atom stereocenters. The van der Waals surface area contributed by atoms with Crippen molar-refractivity contribution in [1.29, 1.82) is 0 Å². The van der Waals surface area contributed by atoms with Gasteiger partial charge < -0.3 is 10.6 Å². The first-order chi connectivity index (χ1) is 9.87. The number of aromatic nitrogens is 2. The maximum atomic E-state index is 12.2. The van der Waals surface area contributed by atoms with Gasteiger partial charge in [-0.15, -0.1) is 0 Å². The minimum absolute atomic E-state index is 0.255. The van der Waals surface area contributed by atoms with Gasteiger partial charge in [0.25, 0.3) is 5.91 Å². The molecule has 3 N–H and O–H groups in total. The summed E-state index contributed by atoms with van der Waals surface area (Å²) in [6.07, 6.45) is 3.75. The number of carbonyl (C=O) groups is 3. The number of imide groups is 1. The lowest BCUT2D eigenvalue weighted by Crippen LogP contribution is -2.44. The van der Waals surface area contributed by atoms with Crippen molar-refractivity contribution >= 4 is 17.8 Å². The second-order valence-electron chi connectivity index (χ2n) is 5.33. The molecule has 4 amide bonds. The van der Waals surface area contributed by atoms with E-state index in [1.807, 2.05) is 6.92 Å². The van der Waals surface area contributed by atoms with E-state index >= 15 is 0 Å². The molecule has 0 saturated carbocycles. The highest BCUT2D eigenvalue weighted by atomic mass is 16.2. The largest absolute Gasteiger partial charge is 0.348 e. The van der Waals surface area contributed by atoms with E-state index in [1.165, 1.54) is 0 Å². The molecule has 8 heteroatoms. The number of urea groups is 1. The Labute approximate surface area is 122 Å². The molecule has 1 aliphatic heterocycles. The van der Waals surface area contributed by atoms with Crippen molar-refractivity contribution in [3.63, 3.8) is 0 Å². The van der Waals surface area contributed by atoms with E-state index in [2.05, 4.69) is 20.8 Å². The maximum absolute atomic E-state index is 12.2. The van der Waals surface area contributed by atoms with Crippen molar-refractivity contribution in [3.05, 3.63) is 18.0 Å². The number of hydrogen-bond acceptors (Lipinski definition) is 4. The van der Waals surface area contributed by atoms with Gasteiger partial charge in [-0.05, 0) is 20.3 Å². The third kappa shape index (κ3) is 2.88. The second-order valence-corrected chi connectivity index (χ2v) is 5.33. The molecule has 1 aromatic rings. The van der Waals surface area contributed by atoms with Gasteiger partial charge in [0.1, 0.15) is 12.1 Å². The summed E-state index contributed by atoms with van der Waals surface area (Å²) in [7, 11) is 0. The van der Waals surface area contributed by atoms with Crippen LogP contribution in [0.3, 0.4) is 0 Å². The van der Waals surface area contributed by atoms with E-state index in [0.29, 0.717) is 6.42 Å². The SMILES string of the molecule is CCC1(C)NC(=O)N(CC(=O)NC(C)c2cn[nH]c2)C1=O. The van der Waals surface area contributed by atoms with Gasteiger partial charge >= 0.3 is 6.03 Å². The Balaban J connectivity index is 1.97. The molecule has 8 nitrogen and oxygen atoms in total. The normalized spacial score (nSPS) is 23.1. The van der Waals surface area contributed by atoms with Crippen molar-refractivity contribution in [2.75, 3.05) is 6.54 Å². The van der Waals surface area contributed by atoms with E-state index < -0.39 is 17.5 Å². The number of hydrogen-bond donors (Lipinski definition) is 3. The quantitative estimate of drug-likeness (QED) is 0.679. The fourth-order valence-corrected chi connectivity index (χ4v) is 2.14. The van der Waals surface area contributed by atoms with Gasteiger partial charge in [0.15, 0.2) is 0 Å². The molecule has 21 heavy (non-hydrogen) atoms. The lowest BCUT2D eigenvalue weighted by Gasteiger charge is -2.19. The van der Waals surface area contributed by atoms with Gasteiger partial charge in [-0.1, -0.05) is 6.92 Å². The molecule has 0 bridgehead atoms. The predicted molar refractivity (Wildman–Crippen MR) is 74.1 cm³/mol. The monoisotopic (exact) mass is 293 g/mol. The van der Waals surface area contributed by atoms with E-state index in [1.54, 1.807) is 26.2 Å². The number of carbonyl (C=O) groups excluding carboxylic acids is 3. The van der Waals surface area contributed by atoms with Crippen LogP contribution in [0.15, 0.2) is 12.4 Å². The summed E-state index contributed by atoms with van der Waals surface area (Å²) < 4.78 is 0. The third-order valence-electron chi connectivity index (χ3n) is 3.75. The van der Waals surface area contributed by atoms with Crippen molar-refractivity contribution in [1.82, 2.24) is 25.7 Å². The fraction of sp³-hybridized carbons (Fsp3) is 0.538. The van der Waals surface area contributed by atoms with Gasteiger partial charge in [-0.25, -0.2) is 4.79 Å². The van der Waals surface area contributed by atoms with Crippen molar-refractivity contribution in [3.8, 4) is 0 Å². The number of aromatic amines is 1. The topological polar surface area (TPSA) is 107 Å². The predicted octanol–water partition coefficient (Wildman–Crippen LogP) is 0.307. The number of H-pyrrole nitrogens is 1. The van der Waals surface area contributed by atoms with Gasteiger partial charge in [0.05, 0.1) is 12.2 Å². The average molecular weight is 293 g/mol. The van der Waals surface area contributed by atoms with Gasteiger partial charge in [0, 0.05) is 11.8 Å². The molecule has 2 heterocycles. The zero-order valence-electron chi connectivity index (χ0n) is 12.3. The highest BCUT2D eigenvalue weighted by molar-refractivity contribution is 6.08. The number of nitrogens with one attached hydrogen (secondary N) is 3. The molecule has 2 rings (SSSR count). The lowest BCUT2D eigenvalue weighted by molar-refractivity contribution is -0.134. The molecule has 1 aliphatic rings. The van der Waals surface area contributed by atoms with Crippen LogP contribution in [0.4, 0.5) is 4.79 Å². The Morgan fingerprint density at radius 2 is 2.24 bits per heavy atom. The van der Waals surface area contributed by atoms with Crippen molar-refractivity contribution in [2.45, 2.75) is 38.8 Å². The van der Waals surface area contributed by atoms with Gasteiger partial charge in [-0.2, -0.15) is 5.10 Å². The molecular weight excluding hydrogens is 274 g/mol. The summed E-state index contributed by atoms with van der Waals surface area (Å²) in [4.78, 5) is 36.9. The number of nitrogens with zero attached hydrogens (tertiary/aromatic N) is 2. The lowest BCUT2D eigenvalue weighted by atomic mass is 9.99. The van der Waals surface area contributed by atoms with Crippen LogP contribution in [0.1, 0.15) is 38.8 Å². The van der Waals surface area contributed by atoms with Crippen LogP contribution >= 0.6 is 0 Å². The fourth-order valence-electron chi connectivity index (χ4n) is 2.14. The minimum atomic E-state index is -0.923. The molecular formula is C13H19N5O3. The van der Waals surface area contributed by atoms with Crippen LogP contribution in [0.2, 0.25) is 0 Å². The second kappa shape index (κ2) is 5.55. The first kappa shape index (κ1) is 15.0. The number of rotatable bonds is 5. The summed E-state index contributed by atoms with van der Waals surface area (Å²) in [6.45, 7) is 4.97. The highest BCUT2D eigenvalue weighted by Gasteiger charge is 2.46. The first-order valence-corrected chi connectivity index (χ1v) is 6.79. The summed E-state index contributed by atoms with van der Waals surface area (Å²) in [5.41, 5.74) is -0.105. The molecule has 0 aliphatic carbocycles. The zero-order valence-corrected chi connectivity index (χ0v) is 12.3. The zero-order chi connectivity index (χ0) is 15.6. The third-order valence-corrected chi connectivity index (χ3v) is 3.75. The summed E-state index contributed by atoms with van der Waals surface area (Å²) in [5.74, 6) is -0.770. The van der Waals surface area contributed by atoms with Crippen molar-refractivity contribution < 1.29 is 14.4 Å². The highest BCUT2D eigenvalue weighted by Crippen LogP contribution is 2.20. The van der Waals surface area contributed by atoms with Crippen LogP contribution in [0.25, 0.3) is 0 Å². The maximum Gasteiger partial charge on any atom is 0.325 e. The molecule has 2 unspecified atom stereocenters. The van der Waals surface area contributed by atoms with E-state index in [-0.39, 0.29) is 18.5 Å². The van der Waals surface area contributed by atoms with Gasteiger partial charge in [0.2, 0.25) is 5.91 Å². The van der Waals surface area contributed by atoms with Crippen molar-refractivity contribution in [2.24, 2.45) is 0 Å². The number of amides is 4. The Hall–Kier alpha value is -2.38. The molecule has 114 valence electrons. The summed E-state index contributed by atoms with van der Waals surface area (Å²) in [5, 5.41) is 11.8. The van der Waals surface area contributed by atoms with Crippen LogP contribution in [0.5, 0.6) is 0 Å². The standard InChI is InChI=1S/C13H19N5O3/c1-4-13(3)11(20)18(12(21)17-13)7-10(19)16-8(2)9-5-14-15-6-9/h5-6,8H,4,7H2,1-3H3,(H,14,15)(H,16,19)(H,17,21). The first-order valence-electron chi connectivity index (χ1n) is 6.79. The smallest absolute Gasteiger partial charge is 0.325 e. The Morgan fingerprint density at radius 1 is 1.52 bits per heavy atom. The molecule has 1 aromatic heterocycles. The van der Waals surface area contributed by atoms with Crippen LogP contribution in [0, 0.1) is 0 Å². The molecule has 0 spiro atoms. The minimum Gasteiger partial charge on any atom is -0.348 e. The van der Waals surface area contributed by atoms with E-state index in [4.69, 9.17) is 0 Å². The van der Waals surface area contributed by atoms with Gasteiger partial charge in [-0.3, -0.25) is 19.6 Å². The van der Waals surface area contributed by atoms with Crippen LogP contribution in [-0.2, 0) is 9.59 Å². The average Bonchev–Trinajstić information content (AvgIpc) is 3.03. The Morgan fingerprint density at radius 3 is 2.76 bits per heavy atom. The summed E-state index contributed by atoms with van der Waals surface area (Å²) >= 11 is 0. The Kier molecular flexibility index (Phi) is 3.97. The van der Waals surface area contributed by atoms with E-state index in [0.717, 1.165) is 10.5 Å². The van der Waals surface area contributed by atoms with E-state index in [9.17, 15) is 14.4 Å². The summed E-state index contributed by atoms with van der Waals surface area (Å²) in [6, 6.07) is -0.787. The molecule has 1 fully saturated rings. The molecule has 0 radical (unpaired) electrons. The molecule has 1 saturated heterocycles. The Bertz CT molecular complexity index is 556. The van der Waals surface area contributed by atoms with Crippen LogP contribution < -0.4 is 10.6 Å². The molecule has 0 aromatic carbocycles.